The van der Waals surface area contributed by atoms with Crippen molar-refractivity contribution in [3.63, 3.8) is 0 Å². The Morgan fingerprint density at radius 1 is 0.455 bits per heavy atom. The zero-order valence-corrected chi connectivity index (χ0v) is 22.0. The van der Waals surface area contributed by atoms with Crippen LogP contribution < -0.4 is 12.4 Å². The molecule has 1 rings (SSSR count). The SMILES string of the molecule is C1=C\CC/C=C\CC/1.CP(C)C.CP(C)C.CP(C)C.[Cl-].[Ir]. The summed E-state index contributed by atoms with van der Waals surface area (Å²) in [5.74, 6) is 0. The molecule has 22 heavy (non-hydrogen) atoms. The normalized spacial score (nSPS) is 15.1. The molecule has 0 bridgehead atoms. The van der Waals surface area contributed by atoms with Crippen LogP contribution in [0.5, 0.6) is 0 Å². The predicted molar refractivity (Wildman–Crippen MR) is 111 cm³/mol. The van der Waals surface area contributed by atoms with Gasteiger partial charge in [0.05, 0.1) is 0 Å². The van der Waals surface area contributed by atoms with Crippen LogP contribution in [0.15, 0.2) is 24.3 Å². The maximum absolute atomic E-state index is 2.27. The summed E-state index contributed by atoms with van der Waals surface area (Å²) in [5, 5.41) is 0. The summed E-state index contributed by atoms with van der Waals surface area (Å²) in [6.45, 7) is 20.1. The second-order valence-electron chi connectivity index (χ2n) is 6.12. The Balaban J connectivity index is -0.0000000607. The summed E-state index contributed by atoms with van der Waals surface area (Å²) < 4.78 is 0. The summed E-state index contributed by atoms with van der Waals surface area (Å²) >= 11 is 0. The Morgan fingerprint density at radius 3 is 0.636 bits per heavy atom. The van der Waals surface area contributed by atoms with Crippen LogP contribution in [0.1, 0.15) is 25.7 Å². The Labute approximate surface area is 165 Å². The van der Waals surface area contributed by atoms with Gasteiger partial charge in [-0.2, -0.15) is 0 Å². The number of rotatable bonds is 0. The molecule has 1 aliphatic rings. The summed E-state index contributed by atoms with van der Waals surface area (Å²) in [4.78, 5) is 0. The number of hydrogen-bond donors (Lipinski definition) is 0. The van der Waals surface area contributed by atoms with Crippen molar-refractivity contribution in [3.8, 4) is 0 Å². The molecule has 0 saturated carbocycles. The minimum atomic E-state index is 0. The third-order valence-electron chi connectivity index (χ3n) is 1.33. The van der Waals surface area contributed by atoms with Crippen molar-refractivity contribution in [2.75, 3.05) is 60.0 Å². The first kappa shape index (κ1) is 34.9. The van der Waals surface area contributed by atoms with Gasteiger partial charge in [0.2, 0.25) is 0 Å². The molecule has 0 N–H and O–H groups in total. The van der Waals surface area contributed by atoms with Gasteiger partial charge in [-0.05, 0) is 85.7 Å². The summed E-state index contributed by atoms with van der Waals surface area (Å²) in [6.07, 6.45) is 14.0. The van der Waals surface area contributed by atoms with E-state index >= 15 is 0 Å². The van der Waals surface area contributed by atoms with E-state index in [1.54, 1.807) is 0 Å². The fraction of sp³-hybridized carbons (Fsp3) is 0.765. The van der Waals surface area contributed by atoms with E-state index in [9.17, 15) is 0 Å². The first-order valence-corrected chi connectivity index (χ1v) is 15.4. The van der Waals surface area contributed by atoms with Gasteiger partial charge in [-0.15, -0.1) is 23.8 Å². The Bertz CT molecular complexity index is 169. The van der Waals surface area contributed by atoms with E-state index in [0.717, 1.165) is 0 Å². The quantitative estimate of drug-likeness (QED) is 0.311. The number of hydrogen-bond acceptors (Lipinski definition) is 0. The van der Waals surface area contributed by atoms with Crippen LogP contribution in [0.3, 0.4) is 0 Å². The summed E-state index contributed by atoms with van der Waals surface area (Å²) in [7, 11) is 1.14. The van der Waals surface area contributed by atoms with Gasteiger partial charge in [-0.25, -0.2) is 0 Å². The molecule has 0 aromatic heterocycles. The second kappa shape index (κ2) is 30.6. The first-order chi connectivity index (χ1) is 9.20. The average molecular weight is 564 g/mol. The largest absolute Gasteiger partial charge is 1.00 e. The third-order valence-corrected chi connectivity index (χ3v) is 1.33. The van der Waals surface area contributed by atoms with E-state index < -0.39 is 0 Å². The molecule has 0 aromatic rings. The fourth-order valence-electron chi connectivity index (χ4n) is 0.856. The molecule has 0 fully saturated rings. The Hall–Kier alpha value is 1.71. The number of allylic oxidation sites excluding steroid dienone is 4. The molecule has 0 unspecified atom stereocenters. The third kappa shape index (κ3) is 98.8. The van der Waals surface area contributed by atoms with Crippen molar-refractivity contribution < 1.29 is 32.5 Å². The topological polar surface area (TPSA) is 0 Å². The van der Waals surface area contributed by atoms with E-state index in [-0.39, 0.29) is 32.5 Å². The zero-order chi connectivity index (χ0) is 16.4. The predicted octanol–water partition coefficient (Wildman–Crippen LogP) is 3.75. The maximum Gasteiger partial charge on any atom is 0 e. The van der Waals surface area contributed by atoms with Crippen LogP contribution in [0.2, 0.25) is 0 Å². The van der Waals surface area contributed by atoms with Crippen molar-refractivity contribution in [2.45, 2.75) is 25.7 Å². The van der Waals surface area contributed by atoms with E-state index in [0.29, 0.717) is 23.8 Å². The average Bonchev–Trinajstić information content (AvgIpc) is 2.12. The van der Waals surface area contributed by atoms with Gasteiger partial charge in [0.1, 0.15) is 0 Å². The molecular formula is C17H39ClIrP3-. The molecule has 0 saturated heterocycles. The van der Waals surface area contributed by atoms with Crippen molar-refractivity contribution in [3.05, 3.63) is 24.3 Å². The van der Waals surface area contributed by atoms with Crippen LogP contribution in [0, 0.1) is 0 Å². The van der Waals surface area contributed by atoms with Gasteiger partial charge in [-0.1, -0.05) is 24.3 Å². The molecule has 1 aliphatic carbocycles. The van der Waals surface area contributed by atoms with Gasteiger partial charge in [-0.3, -0.25) is 0 Å². The molecule has 0 aliphatic heterocycles. The fourth-order valence-corrected chi connectivity index (χ4v) is 0.856. The number of halogens is 1. The minimum Gasteiger partial charge on any atom is -1.00 e. The van der Waals surface area contributed by atoms with E-state index in [1.807, 2.05) is 0 Å². The first-order valence-electron chi connectivity index (χ1n) is 7.32. The Kier molecular flexibility index (Phi) is 48.5. The van der Waals surface area contributed by atoms with Crippen LogP contribution in [-0.4, -0.2) is 60.0 Å². The molecule has 1 radical (unpaired) electrons. The van der Waals surface area contributed by atoms with Crippen molar-refractivity contribution in [1.29, 1.82) is 0 Å². The zero-order valence-electron chi connectivity index (χ0n) is 16.2. The molecule has 0 amide bonds. The molecule has 5 heteroatoms. The molecule has 0 heterocycles. The minimum absolute atomic E-state index is 0. The van der Waals surface area contributed by atoms with Crippen molar-refractivity contribution in [2.24, 2.45) is 0 Å². The molecular weight excluding hydrogens is 525 g/mol. The smallest absolute Gasteiger partial charge is 0 e. The van der Waals surface area contributed by atoms with Crippen LogP contribution in [0.4, 0.5) is 0 Å². The van der Waals surface area contributed by atoms with Crippen LogP contribution >= 0.6 is 23.8 Å². The standard InChI is InChI=1S/C8H12.3C3H9P.ClH.Ir/c1-2-4-6-8-7-5-3-1;3*1-4(2)3;;/h1-2,7-8H,3-6H2;3*1-3H3;1H;/p-1/b2-1-,8-7-;;;;;. The van der Waals surface area contributed by atoms with Gasteiger partial charge in [0.25, 0.3) is 0 Å². The molecule has 0 aromatic carbocycles. The molecule has 0 atom stereocenters. The van der Waals surface area contributed by atoms with E-state index in [1.165, 1.54) is 25.7 Å². The molecule has 0 nitrogen and oxygen atoms in total. The second-order valence-corrected chi connectivity index (χ2v) is 14.2. The van der Waals surface area contributed by atoms with Gasteiger partial charge < -0.3 is 12.4 Å². The van der Waals surface area contributed by atoms with Crippen molar-refractivity contribution >= 4 is 23.8 Å². The van der Waals surface area contributed by atoms with E-state index in [2.05, 4.69) is 84.3 Å². The molecule has 139 valence electrons. The Morgan fingerprint density at radius 2 is 0.545 bits per heavy atom. The van der Waals surface area contributed by atoms with Crippen molar-refractivity contribution in [1.82, 2.24) is 0 Å². The summed E-state index contributed by atoms with van der Waals surface area (Å²) in [5.41, 5.74) is 0. The monoisotopic (exact) mass is 564 g/mol. The van der Waals surface area contributed by atoms with Gasteiger partial charge in [0, 0.05) is 20.1 Å². The van der Waals surface area contributed by atoms with Gasteiger partial charge in [0.15, 0.2) is 0 Å². The maximum atomic E-state index is 2.27. The summed E-state index contributed by atoms with van der Waals surface area (Å²) in [6, 6.07) is 0. The van der Waals surface area contributed by atoms with Gasteiger partial charge >= 0.3 is 0 Å². The molecule has 0 spiro atoms. The van der Waals surface area contributed by atoms with E-state index in [4.69, 9.17) is 0 Å². The van der Waals surface area contributed by atoms with Crippen LogP contribution in [-0.2, 0) is 20.1 Å². The van der Waals surface area contributed by atoms with Crippen LogP contribution in [0.25, 0.3) is 0 Å².